The summed E-state index contributed by atoms with van der Waals surface area (Å²) in [6.07, 6.45) is 3.22. The van der Waals surface area contributed by atoms with E-state index in [0.717, 1.165) is 24.2 Å². The third-order valence-electron chi connectivity index (χ3n) is 4.84. The Balaban J connectivity index is 1.85. The number of quaternary nitrogens is 1. The molecule has 0 radical (unpaired) electrons. The van der Waals surface area contributed by atoms with Gasteiger partial charge in [0.15, 0.2) is 12.3 Å². The third kappa shape index (κ3) is 6.12. The van der Waals surface area contributed by atoms with E-state index in [9.17, 15) is 18.0 Å². The zero-order chi connectivity index (χ0) is 19.9. The lowest BCUT2D eigenvalue weighted by Crippen LogP contribution is -3.15. The summed E-state index contributed by atoms with van der Waals surface area (Å²) in [6, 6.07) is 6.04. The Kier molecular flexibility index (Phi) is 7.94. The highest BCUT2D eigenvalue weighted by molar-refractivity contribution is 7.89. The number of rotatable bonds is 9. The van der Waals surface area contributed by atoms with E-state index in [4.69, 9.17) is 0 Å². The lowest BCUT2D eigenvalue weighted by Gasteiger charge is -2.31. The van der Waals surface area contributed by atoms with Gasteiger partial charge in [-0.2, -0.15) is 4.31 Å². The van der Waals surface area contributed by atoms with E-state index >= 15 is 0 Å². The molecule has 150 valence electrons. The number of hydrogen-bond acceptors (Lipinski definition) is 4. The van der Waals surface area contributed by atoms with Crippen LogP contribution in [0.15, 0.2) is 29.2 Å². The van der Waals surface area contributed by atoms with Crippen LogP contribution in [0.2, 0.25) is 0 Å². The van der Waals surface area contributed by atoms with Gasteiger partial charge in [-0.05, 0) is 25.5 Å². The number of Topliss-reactive ketones (excluding diaryl/α,β-unsaturated/α-hetero) is 1. The Hall–Kier alpha value is -1.77. The molecule has 1 aromatic carbocycles. The molecule has 2 N–H and O–H groups in total. The van der Waals surface area contributed by atoms with Crippen molar-refractivity contribution in [2.75, 3.05) is 39.3 Å². The molecule has 0 unspecified atom stereocenters. The molecule has 1 fully saturated rings. The molecule has 0 atom stereocenters. The van der Waals surface area contributed by atoms with Crippen molar-refractivity contribution >= 4 is 21.7 Å². The van der Waals surface area contributed by atoms with Crippen molar-refractivity contribution in [2.24, 2.45) is 0 Å². The van der Waals surface area contributed by atoms with Gasteiger partial charge in [0.2, 0.25) is 10.0 Å². The molecule has 1 aromatic rings. The van der Waals surface area contributed by atoms with Gasteiger partial charge in [-0.15, -0.1) is 0 Å². The van der Waals surface area contributed by atoms with E-state index in [1.165, 1.54) is 23.4 Å². The summed E-state index contributed by atoms with van der Waals surface area (Å²) in [4.78, 5) is 24.6. The quantitative estimate of drug-likeness (QED) is 0.457. The SMILES string of the molecule is CCCCCNC(=O)C[NH+]1CCN(S(=O)(=O)c2ccc(C(C)=O)cc2)CC1. The van der Waals surface area contributed by atoms with E-state index in [-0.39, 0.29) is 16.6 Å². The molecule has 0 bridgehead atoms. The molecule has 1 aliphatic heterocycles. The molecule has 1 amide bonds. The maximum Gasteiger partial charge on any atom is 0.275 e. The Labute approximate surface area is 161 Å². The minimum atomic E-state index is -3.57. The molecule has 0 aliphatic carbocycles. The molecule has 1 heterocycles. The third-order valence-corrected chi connectivity index (χ3v) is 6.75. The average molecular weight is 397 g/mol. The summed E-state index contributed by atoms with van der Waals surface area (Å²) in [5.41, 5.74) is 0.494. The molecule has 1 aliphatic rings. The molecule has 0 spiro atoms. The topological polar surface area (TPSA) is 88.0 Å². The van der Waals surface area contributed by atoms with Gasteiger partial charge in [0.05, 0.1) is 31.1 Å². The Morgan fingerprint density at radius 3 is 2.30 bits per heavy atom. The molecule has 27 heavy (non-hydrogen) atoms. The summed E-state index contributed by atoms with van der Waals surface area (Å²) in [5, 5.41) is 2.93. The van der Waals surface area contributed by atoms with Crippen LogP contribution in [0, 0.1) is 0 Å². The smallest absolute Gasteiger partial charge is 0.275 e. The lowest BCUT2D eigenvalue weighted by atomic mass is 10.2. The Bertz CT molecular complexity index is 739. The predicted molar refractivity (Wildman–Crippen MR) is 103 cm³/mol. The fraction of sp³-hybridized carbons (Fsp3) is 0.579. The number of carbonyl (C=O) groups is 2. The second-order valence-corrected chi connectivity index (χ2v) is 8.91. The number of benzene rings is 1. The van der Waals surface area contributed by atoms with Gasteiger partial charge in [-0.3, -0.25) is 9.59 Å². The van der Waals surface area contributed by atoms with Crippen LogP contribution in [0.3, 0.4) is 0 Å². The van der Waals surface area contributed by atoms with Crippen LogP contribution in [0.1, 0.15) is 43.5 Å². The Morgan fingerprint density at radius 2 is 1.74 bits per heavy atom. The van der Waals surface area contributed by atoms with Crippen molar-refractivity contribution in [3.8, 4) is 0 Å². The van der Waals surface area contributed by atoms with Gasteiger partial charge in [0.25, 0.3) is 5.91 Å². The molecule has 8 heteroatoms. The molecule has 7 nitrogen and oxygen atoms in total. The molecule has 1 saturated heterocycles. The van der Waals surface area contributed by atoms with E-state index in [2.05, 4.69) is 12.2 Å². The number of carbonyl (C=O) groups excluding carboxylic acids is 2. The molecular formula is C19H30N3O4S+. The maximum absolute atomic E-state index is 12.8. The number of hydrogen-bond donors (Lipinski definition) is 2. The van der Waals surface area contributed by atoms with Gasteiger partial charge in [-0.25, -0.2) is 8.42 Å². The number of nitrogens with zero attached hydrogens (tertiary/aromatic N) is 1. The monoisotopic (exact) mass is 396 g/mol. The van der Waals surface area contributed by atoms with Gasteiger partial charge in [-0.1, -0.05) is 31.9 Å². The van der Waals surface area contributed by atoms with Crippen LogP contribution in [-0.2, 0) is 14.8 Å². The number of unbranched alkanes of at least 4 members (excludes halogenated alkanes) is 2. The van der Waals surface area contributed by atoms with Crippen molar-refractivity contribution in [3.05, 3.63) is 29.8 Å². The number of amides is 1. The van der Waals surface area contributed by atoms with Crippen LogP contribution in [0.5, 0.6) is 0 Å². The van der Waals surface area contributed by atoms with Gasteiger partial charge >= 0.3 is 0 Å². The largest absolute Gasteiger partial charge is 0.351 e. The van der Waals surface area contributed by atoms with Crippen LogP contribution in [0.25, 0.3) is 0 Å². The molecule has 2 rings (SSSR count). The lowest BCUT2D eigenvalue weighted by molar-refractivity contribution is -0.895. The van der Waals surface area contributed by atoms with Crippen molar-refractivity contribution in [2.45, 2.75) is 38.0 Å². The van der Waals surface area contributed by atoms with Crippen LogP contribution in [0.4, 0.5) is 0 Å². The summed E-state index contributed by atoms with van der Waals surface area (Å²) >= 11 is 0. The van der Waals surface area contributed by atoms with E-state index in [1.54, 1.807) is 12.1 Å². The van der Waals surface area contributed by atoms with Crippen LogP contribution in [-0.4, -0.2) is 63.7 Å². The summed E-state index contributed by atoms with van der Waals surface area (Å²) < 4.78 is 27.0. The first-order valence-corrected chi connectivity index (χ1v) is 11.0. The van der Waals surface area contributed by atoms with Gasteiger partial charge in [0.1, 0.15) is 0 Å². The summed E-state index contributed by atoms with van der Waals surface area (Å²) in [6.45, 7) is 6.64. The highest BCUT2D eigenvalue weighted by Gasteiger charge is 2.31. The molecule has 0 saturated carbocycles. The fourth-order valence-electron chi connectivity index (χ4n) is 3.12. The minimum Gasteiger partial charge on any atom is -0.351 e. The second kappa shape index (κ2) is 9.96. The van der Waals surface area contributed by atoms with Crippen molar-refractivity contribution in [3.63, 3.8) is 0 Å². The van der Waals surface area contributed by atoms with Crippen LogP contribution >= 0.6 is 0 Å². The van der Waals surface area contributed by atoms with E-state index < -0.39 is 10.0 Å². The first kappa shape index (κ1) is 21.5. The predicted octanol–water partition coefficient (Wildman–Crippen LogP) is 0.0848. The minimum absolute atomic E-state index is 0.0252. The van der Waals surface area contributed by atoms with Crippen molar-refractivity contribution in [1.29, 1.82) is 0 Å². The average Bonchev–Trinajstić information content (AvgIpc) is 2.66. The van der Waals surface area contributed by atoms with E-state index in [1.807, 2.05) is 0 Å². The van der Waals surface area contributed by atoms with Crippen molar-refractivity contribution in [1.82, 2.24) is 9.62 Å². The van der Waals surface area contributed by atoms with Crippen LogP contribution < -0.4 is 10.2 Å². The highest BCUT2D eigenvalue weighted by atomic mass is 32.2. The summed E-state index contributed by atoms with van der Waals surface area (Å²) in [5.74, 6) is -0.0682. The second-order valence-electron chi connectivity index (χ2n) is 6.97. The normalized spacial score (nSPS) is 16.2. The van der Waals surface area contributed by atoms with E-state index in [0.29, 0.717) is 44.8 Å². The zero-order valence-corrected chi connectivity index (χ0v) is 17.0. The van der Waals surface area contributed by atoms with Gasteiger partial charge < -0.3 is 10.2 Å². The maximum atomic E-state index is 12.8. The number of nitrogens with one attached hydrogen (secondary N) is 2. The fourth-order valence-corrected chi connectivity index (χ4v) is 4.56. The summed E-state index contributed by atoms with van der Waals surface area (Å²) in [7, 11) is -3.57. The van der Waals surface area contributed by atoms with Gasteiger partial charge in [0, 0.05) is 12.1 Å². The number of piperazine rings is 1. The highest BCUT2D eigenvalue weighted by Crippen LogP contribution is 2.16. The zero-order valence-electron chi connectivity index (χ0n) is 16.2. The van der Waals surface area contributed by atoms with Crippen molar-refractivity contribution < 1.29 is 22.9 Å². The standard InChI is InChI=1S/C19H29N3O4S/c1-3-4-5-10-20-19(24)15-21-11-13-22(14-12-21)27(25,26)18-8-6-17(7-9-18)16(2)23/h6-9H,3-5,10-15H2,1-2H3,(H,20,24)/p+1. The molecular weight excluding hydrogens is 366 g/mol. The number of ketones is 1. The first-order chi connectivity index (χ1) is 12.8. The molecule has 0 aromatic heterocycles. The first-order valence-electron chi connectivity index (χ1n) is 9.56. The Morgan fingerprint density at radius 1 is 1.11 bits per heavy atom. The number of sulfonamides is 1.